The molecule has 1 aromatic heterocycles. The van der Waals surface area contributed by atoms with Gasteiger partial charge in [-0.3, -0.25) is 0 Å². The van der Waals surface area contributed by atoms with Crippen LogP contribution in [0.5, 0.6) is 0 Å². The lowest BCUT2D eigenvalue weighted by Gasteiger charge is -2.19. The predicted molar refractivity (Wildman–Crippen MR) is 89.4 cm³/mol. The Morgan fingerprint density at radius 3 is 2.60 bits per heavy atom. The van der Waals surface area contributed by atoms with Gasteiger partial charge in [-0.1, -0.05) is 49.7 Å². The van der Waals surface area contributed by atoms with E-state index in [2.05, 4.69) is 60.1 Å². The summed E-state index contributed by atoms with van der Waals surface area (Å²) in [6.45, 7) is 3.33. The van der Waals surface area contributed by atoms with Gasteiger partial charge in [0, 0.05) is 10.9 Å². The number of rotatable bonds is 9. The zero-order chi connectivity index (χ0) is 14.0. The minimum Gasteiger partial charge on any atom is -0.310 e. The monoisotopic (exact) mass is 287 g/mol. The van der Waals surface area contributed by atoms with Crippen molar-refractivity contribution in [3.05, 3.63) is 58.3 Å². The van der Waals surface area contributed by atoms with Gasteiger partial charge in [-0.2, -0.15) is 0 Å². The topological polar surface area (TPSA) is 12.0 Å². The first-order valence-corrected chi connectivity index (χ1v) is 8.59. The molecule has 0 radical (unpaired) electrons. The van der Waals surface area contributed by atoms with Crippen molar-refractivity contribution in [1.82, 2.24) is 5.32 Å². The summed E-state index contributed by atoms with van der Waals surface area (Å²) in [7, 11) is 0. The molecule has 0 aliphatic rings. The fourth-order valence-electron chi connectivity index (χ4n) is 2.49. The van der Waals surface area contributed by atoms with Gasteiger partial charge in [-0.25, -0.2) is 0 Å². The third kappa shape index (κ3) is 5.10. The SMILES string of the molecule is CCCNC(CCCCc1cccs1)c1ccccc1. The molecule has 0 saturated heterocycles. The standard InChI is InChI=1S/C18H25NS/c1-2-14-19-18(16-9-4-3-5-10-16)13-7-6-11-17-12-8-15-20-17/h3-5,8-10,12,15,18-19H,2,6-7,11,13-14H2,1H3. The van der Waals surface area contributed by atoms with E-state index in [1.54, 1.807) is 0 Å². The molecule has 2 aromatic rings. The first-order valence-electron chi connectivity index (χ1n) is 7.71. The molecular formula is C18H25NS. The minimum absolute atomic E-state index is 0.513. The van der Waals surface area contributed by atoms with Crippen molar-refractivity contribution in [3.63, 3.8) is 0 Å². The van der Waals surface area contributed by atoms with Crippen molar-refractivity contribution in [1.29, 1.82) is 0 Å². The van der Waals surface area contributed by atoms with E-state index in [1.807, 2.05) is 11.3 Å². The van der Waals surface area contributed by atoms with Crippen LogP contribution in [0.15, 0.2) is 47.8 Å². The van der Waals surface area contributed by atoms with Crippen LogP contribution in [0.25, 0.3) is 0 Å². The van der Waals surface area contributed by atoms with Crippen LogP contribution < -0.4 is 5.32 Å². The van der Waals surface area contributed by atoms with Gasteiger partial charge in [0.05, 0.1) is 0 Å². The average molecular weight is 287 g/mol. The van der Waals surface area contributed by atoms with E-state index < -0.39 is 0 Å². The Morgan fingerprint density at radius 1 is 1.05 bits per heavy atom. The normalized spacial score (nSPS) is 12.4. The number of aryl methyl sites for hydroxylation is 1. The number of benzene rings is 1. The fraction of sp³-hybridized carbons (Fsp3) is 0.444. The van der Waals surface area contributed by atoms with E-state index >= 15 is 0 Å². The van der Waals surface area contributed by atoms with Crippen LogP contribution in [-0.2, 0) is 6.42 Å². The minimum atomic E-state index is 0.513. The molecule has 108 valence electrons. The van der Waals surface area contributed by atoms with Crippen molar-refractivity contribution >= 4 is 11.3 Å². The van der Waals surface area contributed by atoms with E-state index in [9.17, 15) is 0 Å². The van der Waals surface area contributed by atoms with Gasteiger partial charge in [-0.05, 0) is 49.2 Å². The summed E-state index contributed by atoms with van der Waals surface area (Å²) < 4.78 is 0. The summed E-state index contributed by atoms with van der Waals surface area (Å²) >= 11 is 1.88. The highest BCUT2D eigenvalue weighted by Crippen LogP contribution is 2.20. The maximum Gasteiger partial charge on any atom is 0.0320 e. The van der Waals surface area contributed by atoms with E-state index in [1.165, 1.54) is 42.5 Å². The molecule has 1 heterocycles. The molecule has 0 amide bonds. The molecule has 1 unspecified atom stereocenters. The Hall–Kier alpha value is -1.12. The summed E-state index contributed by atoms with van der Waals surface area (Å²) in [4.78, 5) is 1.52. The van der Waals surface area contributed by atoms with Crippen LogP contribution in [0, 0.1) is 0 Å². The van der Waals surface area contributed by atoms with E-state index in [4.69, 9.17) is 0 Å². The van der Waals surface area contributed by atoms with Crippen molar-refractivity contribution in [3.8, 4) is 0 Å². The molecule has 20 heavy (non-hydrogen) atoms. The zero-order valence-corrected chi connectivity index (χ0v) is 13.2. The summed E-state index contributed by atoms with van der Waals surface area (Å²) in [5.41, 5.74) is 1.43. The van der Waals surface area contributed by atoms with Gasteiger partial charge in [-0.15, -0.1) is 11.3 Å². The molecule has 1 atom stereocenters. The van der Waals surface area contributed by atoms with Crippen LogP contribution >= 0.6 is 11.3 Å². The second kappa shape index (κ2) is 8.93. The fourth-order valence-corrected chi connectivity index (χ4v) is 3.24. The first-order chi connectivity index (χ1) is 9.90. The van der Waals surface area contributed by atoms with Crippen LogP contribution in [0.4, 0.5) is 0 Å². The van der Waals surface area contributed by atoms with Crippen molar-refractivity contribution in [2.75, 3.05) is 6.54 Å². The number of thiophene rings is 1. The van der Waals surface area contributed by atoms with Crippen LogP contribution in [0.2, 0.25) is 0 Å². The van der Waals surface area contributed by atoms with Gasteiger partial charge < -0.3 is 5.32 Å². The Kier molecular flexibility index (Phi) is 6.82. The van der Waals surface area contributed by atoms with Gasteiger partial charge in [0.25, 0.3) is 0 Å². The average Bonchev–Trinajstić information content (AvgIpc) is 3.01. The molecule has 0 aliphatic heterocycles. The van der Waals surface area contributed by atoms with Crippen molar-refractivity contribution in [2.45, 2.75) is 45.1 Å². The number of unbranched alkanes of at least 4 members (excludes halogenated alkanes) is 1. The van der Waals surface area contributed by atoms with Gasteiger partial charge in [0.1, 0.15) is 0 Å². The lowest BCUT2D eigenvalue weighted by atomic mass is 10.00. The van der Waals surface area contributed by atoms with E-state index in [0.29, 0.717) is 6.04 Å². The van der Waals surface area contributed by atoms with Gasteiger partial charge >= 0.3 is 0 Å². The summed E-state index contributed by atoms with van der Waals surface area (Å²) in [6.07, 6.45) is 6.23. The highest BCUT2D eigenvalue weighted by Gasteiger charge is 2.09. The Morgan fingerprint density at radius 2 is 1.90 bits per heavy atom. The third-order valence-corrected chi connectivity index (χ3v) is 4.52. The lowest BCUT2D eigenvalue weighted by molar-refractivity contribution is 0.476. The zero-order valence-electron chi connectivity index (χ0n) is 12.3. The van der Waals surface area contributed by atoms with Crippen LogP contribution in [-0.4, -0.2) is 6.54 Å². The number of nitrogens with one attached hydrogen (secondary N) is 1. The first kappa shape index (κ1) is 15.3. The number of hydrogen-bond donors (Lipinski definition) is 1. The molecule has 1 nitrogen and oxygen atoms in total. The molecule has 1 aromatic carbocycles. The van der Waals surface area contributed by atoms with Crippen molar-refractivity contribution < 1.29 is 0 Å². The second-order valence-corrected chi connectivity index (χ2v) is 6.27. The smallest absolute Gasteiger partial charge is 0.0320 e. The molecule has 0 bridgehead atoms. The molecule has 0 fully saturated rings. The number of hydrogen-bond acceptors (Lipinski definition) is 2. The maximum atomic E-state index is 3.68. The van der Waals surface area contributed by atoms with E-state index in [0.717, 1.165) is 6.54 Å². The molecule has 0 spiro atoms. The highest BCUT2D eigenvalue weighted by atomic mass is 32.1. The quantitative estimate of drug-likeness (QED) is 0.625. The Labute approximate surface area is 127 Å². The predicted octanol–water partition coefficient (Wildman–Crippen LogP) is 5.20. The van der Waals surface area contributed by atoms with Crippen LogP contribution in [0.3, 0.4) is 0 Å². The highest BCUT2D eigenvalue weighted by molar-refractivity contribution is 7.09. The Balaban J connectivity index is 1.78. The summed E-state index contributed by atoms with van der Waals surface area (Å²) in [5, 5.41) is 5.85. The van der Waals surface area contributed by atoms with Crippen molar-refractivity contribution in [2.24, 2.45) is 0 Å². The second-order valence-electron chi connectivity index (χ2n) is 5.24. The lowest BCUT2D eigenvalue weighted by Crippen LogP contribution is -2.22. The molecule has 2 heteroatoms. The largest absolute Gasteiger partial charge is 0.310 e. The summed E-state index contributed by atoms with van der Waals surface area (Å²) in [5.74, 6) is 0. The van der Waals surface area contributed by atoms with Crippen LogP contribution in [0.1, 0.15) is 49.1 Å². The maximum absolute atomic E-state index is 3.68. The van der Waals surface area contributed by atoms with E-state index in [-0.39, 0.29) is 0 Å². The third-order valence-electron chi connectivity index (χ3n) is 3.59. The van der Waals surface area contributed by atoms with Gasteiger partial charge in [0.15, 0.2) is 0 Å². The molecule has 2 rings (SSSR count). The van der Waals surface area contributed by atoms with Gasteiger partial charge in [0.2, 0.25) is 0 Å². The molecule has 0 saturated carbocycles. The molecule has 0 aliphatic carbocycles. The summed E-state index contributed by atoms with van der Waals surface area (Å²) in [6, 6.07) is 15.8. The molecule has 1 N–H and O–H groups in total. The molecular weight excluding hydrogens is 262 g/mol. The Bertz CT molecular complexity index is 450.